The molecule has 3 heterocycles. The Kier molecular flexibility index (Phi) is 3.58. The quantitative estimate of drug-likeness (QED) is 0.773. The van der Waals surface area contributed by atoms with E-state index in [1.165, 1.54) is 0 Å². The number of anilines is 1. The van der Waals surface area contributed by atoms with Gasteiger partial charge in [-0.1, -0.05) is 12.1 Å². The van der Waals surface area contributed by atoms with Crippen molar-refractivity contribution in [1.29, 1.82) is 0 Å². The van der Waals surface area contributed by atoms with E-state index >= 15 is 0 Å². The van der Waals surface area contributed by atoms with Gasteiger partial charge in [-0.25, -0.2) is 0 Å². The molecule has 3 fully saturated rings. The minimum atomic E-state index is -0.226. The summed E-state index contributed by atoms with van der Waals surface area (Å²) in [5, 5.41) is 5.82. The summed E-state index contributed by atoms with van der Waals surface area (Å²) < 4.78 is 5.92. The van der Waals surface area contributed by atoms with Gasteiger partial charge in [0.25, 0.3) is 0 Å². The van der Waals surface area contributed by atoms with Gasteiger partial charge in [0.15, 0.2) is 0 Å². The average Bonchev–Trinajstić information content (AvgIpc) is 2.53. The van der Waals surface area contributed by atoms with Crippen LogP contribution in [0.2, 0.25) is 0 Å². The number of hydrogen-bond donors (Lipinski definition) is 2. The molecule has 3 aliphatic rings. The number of rotatable bonds is 2. The molecule has 1 atom stereocenters. The molecular formula is C17H21N3O3. The molecule has 3 aliphatic heterocycles. The molecule has 6 nitrogen and oxygen atoms in total. The van der Waals surface area contributed by atoms with Crippen LogP contribution in [0, 0.1) is 0 Å². The fraction of sp³-hybridized carbons (Fsp3) is 0.529. The number of hydrogen-bond acceptors (Lipinski definition) is 5. The van der Waals surface area contributed by atoms with E-state index in [9.17, 15) is 9.59 Å². The fourth-order valence-corrected chi connectivity index (χ4v) is 3.69. The van der Waals surface area contributed by atoms with Crippen LogP contribution < -0.4 is 15.5 Å². The van der Waals surface area contributed by atoms with E-state index < -0.39 is 0 Å². The zero-order valence-electron chi connectivity index (χ0n) is 13.0. The van der Waals surface area contributed by atoms with Crippen molar-refractivity contribution < 1.29 is 14.3 Å². The number of piperidine rings is 1. The molecule has 1 unspecified atom stereocenters. The van der Waals surface area contributed by atoms with Gasteiger partial charge in [-0.15, -0.1) is 0 Å². The third-order valence-corrected chi connectivity index (χ3v) is 4.97. The summed E-state index contributed by atoms with van der Waals surface area (Å²) in [4.78, 5) is 25.6. The number of carbonyl (C=O) groups excluding carboxylic acids is 2. The first kappa shape index (κ1) is 14.7. The summed E-state index contributed by atoms with van der Waals surface area (Å²) in [5.74, 6) is -0.581. The molecule has 2 amide bonds. The second-order valence-corrected chi connectivity index (χ2v) is 6.66. The van der Waals surface area contributed by atoms with Crippen molar-refractivity contribution in [3.05, 3.63) is 29.8 Å². The Balaban J connectivity index is 1.47. The highest BCUT2D eigenvalue weighted by molar-refractivity contribution is 6.01. The van der Waals surface area contributed by atoms with Gasteiger partial charge in [0.1, 0.15) is 5.60 Å². The number of amides is 2. The summed E-state index contributed by atoms with van der Waals surface area (Å²) in [6, 6.07) is 8.10. The molecule has 2 N–H and O–H groups in total. The van der Waals surface area contributed by atoms with E-state index in [0.29, 0.717) is 12.8 Å². The van der Waals surface area contributed by atoms with Crippen molar-refractivity contribution >= 4 is 17.5 Å². The van der Waals surface area contributed by atoms with Crippen LogP contribution >= 0.6 is 0 Å². The SMILES string of the molecule is O=C1CCC(c2cccc(N3CC4(CNCCO4)C3)c2)C(=O)N1. The lowest BCUT2D eigenvalue weighted by molar-refractivity contribution is -0.134. The molecule has 1 aromatic rings. The Bertz CT molecular complexity index is 632. The monoisotopic (exact) mass is 315 g/mol. The number of imide groups is 1. The van der Waals surface area contributed by atoms with Crippen LogP contribution in [0.25, 0.3) is 0 Å². The molecule has 0 saturated carbocycles. The van der Waals surface area contributed by atoms with Crippen molar-refractivity contribution in [2.24, 2.45) is 0 Å². The van der Waals surface area contributed by atoms with E-state index in [1.54, 1.807) is 0 Å². The van der Waals surface area contributed by atoms with Gasteiger partial charge >= 0.3 is 0 Å². The van der Waals surface area contributed by atoms with Crippen molar-refractivity contribution in [2.75, 3.05) is 37.7 Å². The normalized spacial score (nSPS) is 26.8. The van der Waals surface area contributed by atoms with Gasteiger partial charge in [0.2, 0.25) is 11.8 Å². The van der Waals surface area contributed by atoms with Crippen molar-refractivity contribution in [3.63, 3.8) is 0 Å². The minimum absolute atomic E-state index is 0.0527. The lowest BCUT2D eigenvalue weighted by Crippen LogP contribution is -2.69. The van der Waals surface area contributed by atoms with Gasteiger partial charge in [0, 0.05) is 25.2 Å². The molecule has 122 valence electrons. The predicted octanol–water partition coefficient (Wildman–Crippen LogP) is 0.385. The number of nitrogens with one attached hydrogen (secondary N) is 2. The molecule has 0 aromatic heterocycles. The van der Waals surface area contributed by atoms with Crippen LogP contribution in [0.1, 0.15) is 24.3 Å². The molecule has 1 spiro atoms. The number of carbonyl (C=O) groups is 2. The van der Waals surface area contributed by atoms with Crippen LogP contribution in [0.5, 0.6) is 0 Å². The standard InChI is InChI=1S/C17H21N3O3/c21-15-5-4-14(16(22)19-15)12-2-1-3-13(8-12)20-10-17(11-20)9-18-6-7-23-17/h1-3,8,14,18H,4-7,9-11H2,(H,19,21,22). The molecule has 3 saturated heterocycles. The number of nitrogens with zero attached hydrogens (tertiary/aromatic N) is 1. The van der Waals surface area contributed by atoms with Crippen molar-refractivity contribution in [3.8, 4) is 0 Å². The number of morpholine rings is 1. The highest BCUT2D eigenvalue weighted by atomic mass is 16.5. The summed E-state index contributed by atoms with van der Waals surface area (Å²) in [5.41, 5.74) is 2.05. The maximum Gasteiger partial charge on any atom is 0.234 e. The molecule has 4 rings (SSSR count). The van der Waals surface area contributed by atoms with Gasteiger partial charge < -0.3 is 15.0 Å². The highest BCUT2D eigenvalue weighted by Gasteiger charge is 2.45. The second kappa shape index (κ2) is 5.62. The van der Waals surface area contributed by atoms with Crippen molar-refractivity contribution in [1.82, 2.24) is 10.6 Å². The number of benzene rings is 1. The zero-order chi connectivity index (χ0) is 15.9. The maximum absolute atomic E-state index is 12.0. The zero-order valence-corrected chi connectivity index (χ0v) is 13.0. The van der Waals surface area contributed by atoms with E-state index in [-0.39, 0.29) is 23.3 Å². The third-order valence-electron chi connectivity index (χ3n) is 4.97. The van der Waals surface area contributed by atoms with Crippen LogP contribution in [-0.2, 0) is 14.3 Å². The van der Waals surface area contributed by atoms with Crippen molar-refractivity contribution in [2.45, 2.75) is 24.4 Å². The topological polar surface area (TPSA) is 70.7 Å². The molecule has 0 bridgehead atoms. The number of ether oxygens (including phenoxy) is 1. The summed E-state index contributed by atoms with van der Waals surface area (Å²) in [6.07, 6.45) is 0.998. The first-order chi connectivity index (χ1) is 11.2. The predicted molar refractivity (Wildman–Crippen MR) is 85.3 cm³/mol. The Morgan fingerprint density at radius 2 is 2.13 bits per heavy atom. The fourth-order valence-electron chi connectivity index (χ4n) is 3.69. The highest BCUT2D eigenvalue weighted by Crippen LogP contribution is 2.34. The van der Waals surface area contributed by atoms with Crippen LogP contribution in [0.3, 0.4) is 0 Å². The Labute approximate surface area is 135 Å². The van der Waals surface area contributed by atoms with Gasteiger partial charge in [-0.2, -0.15) is 0 Å². The van der Waals surface area contributed by atoms with Gasteiger partial charge in [-0.05, 0) is 24.1 Å². The van der Waals surface area contributed by atoms with Gasteiger partial charge in [0.05, 0.1) is 25.6 Å². The molecular weight excluding hydrogens is 294 g/mol. The van der Waals surface area contributed by atoms with E-state index in [1.807, 2.05) is 12.1 Å². The van der Waals surface area contributed by atoms with E-state index in [2.05, 4.69) is 27.7 Å². The molecule has 0 aliphatic carbocycles. The first-order valence-electron chi connectivity index (χ1n) is 8.19. The average molecular weight is 315 g/mol. The van der Waals surface area contributed by atoms with Crippen LogP contribution in [-0.4, -0.2) is 50.2 Å². The maximum atomic E-state index is 12.0. The Hall–Kier alpha value is -1.92. The Morgan fingerprint density at radius 3 is 2.87 bits per heavy atom. The lowest BCUT2D eigenvalue weighted by Gasteiger charge is -2.52. The molecule has 0 radical (unpaired) electrons. The van der Waals surface area contributed by atoms with E-state index in [0.717, 1.165) is 44.0 Å². The minimum Gasteiger partial charge on any atom is -0.369 e. The summed E-state index contributed by atoms with van der Waals surface area (Å²) in [7, 11) is 0. The van der Waals surface area contributed by atoms with Crippen LogP contribution in [0.4, 0.5) is 5.69 Å². The summed E-state index contributed by atoms with van der Waals surface area (Å²) in [6.45, 7) is 4.34. The van der Waals surface area contributed by atoms with E-state index in [4.69, 9.17) is 4.74 Å². The Morgan fingerprint density at radius 1 is 1.26 bits per heavy atom. The first-order valence-corrected chi connectivity index (χ1v) is 8.19. The molecule has 1 aromatic carbocycles. The smallest absolute Gasteiger partial charge is 0.234 e. The largest absolute Gasteiger partial charge is 0.369 e. The second-order valence-electron chi connectivity index (χ2n) is 6.66. The lowest BCUT2D eigenvalue weighted by atomic mass is 9.88. The van der Waals surface area contributed by atoms with Crippen LogP contribution in [0.15, 0.2) is 24.3 Å². The van der Waals surface area contributed by atoms with Gasteiger partial charge in [-0.3, -0.25) is 14.9 Å². The molecule has 6 heteroatoms. The summed E-state index contributed by atoms with van der Waals surface area (Å²) >= 11 is 0. The third kappa shape index (κ3) is 2.72. The molecule has 23 heavy (non-hydrogen) atoms.